The molecular formula is C21H30N6OS. The minimum atomic E-state index is -0.129. The largest absolute Gasteiger partial charge is 0.327 e. The molecule has 1 amide bonds. The SMILES string of the molecule is Cc1c(C#N)c(NC(=O)CSc2nnc(C(C)C)n2C)n(C2CCCCC2)c1C. The molecular weight excluding hydrogens is 384 g/mol. The average Bonchev–Trinajstić information content (AvgIpc) is 3.18. The molecule has 0 aromatic carbocycles. The van der Waals surface area contributed by atoms with Crippen LogP contribution in [0.25, 0.3) is 0 Å². The van der Waals surface area contributed by atoms with E-state index >= 15 is 0 Å². The summed E-state index contributed by atoms with van der Waals surface area (Å²) in [7, 11) is 1.92. The second-order valence-corrected chi connectivity index (χ2v) is 9.04. The molecule has 0 unspecified atom stereocenters. The number of aromatic nitrogens is 4. The quantitative estimate of drug-likeness (QED) is 0.705. The normalized spacial score (nSPS) is 14.9. The van der Waals surface area contributed by atoms with Gasteiger partial charge in [0.25, 0.3) is 0 Å². The summed E-state index contributed by atoms with van der Waals surface area (Å²) < 4.78 is 4.12. The Morgan fingerprint density at radius 1 is 1.28 bits per heavy atom. The van der Waals surface area contributed by atoms with Gasteiger partial charge in [-0.05, 0) is 32.3 Å². The van der Waals surface area contributed by atoms with Crippen molar-refractivity contribution in [3.8, 4) is 6.07 Å². The molecule has 29 heavy (non-hydrogen) atoms. The molecule has 0 radical (unpaired) electrons. The molecule has 1 aliphatic carbocycles. The number of carbonyl (C=O) groups is 1. The van der Waals surface area contributed by atoms with Gasteiger partial charge in [0.1, 0.15) is 17.7 Å². The highest BCUT2D eigenvalue weighted by Gasteiger charge is 2.26. The first-order valence-corrected chi connectivity index (χ1v) is 11.3. The summed E-state index contributed by atoms with van der Waals surface area (Å²) in [5, 5.41) is 21.9. The molecule has 0 saturated heterocycles. The molecule has 2 aromatic heterocycles. The highest BCUT2D eigenvalue weighted by molar-refractivity contribution is 7.99. The zero-order valence-electron chi connectivity index (χ0n) is 17.9. The Morgan fingerprint density at radius 3 is 2.55 bits per heavy atom. The number of anilines is 1. The number of hydrogen-bond acceptors (Lipinski definition) is 5. The molecule has 2 aromatic rings. The molecule has 3 rings (SSSR count). The van der Waals surface area contributed by atoms with E-state index < -0.39 is 0 Å². The van der Waals surface area contributed by atoms with Crippen molar-refractivity contribution in [3.63, 3.8) is 0 Å². The predicted molar refractivity (Wildman–Crippen MR) is 115 cm³/mol. The summed E-state index contributed by atoms with van der Waals surface area (Å²) >= 11 is 1.36. The lowest BCUT2D eigenvalue weighted by molar-refractivity contribution is -0.113. The Balaban J connectivity index is 1.77. The van der Waals surface area contributed by atoms with Gasteiger partial charge in [-0.2, -0.15) is 5.26 Å². The van der Waals surface area contributed by atoms with Crippen molar-refractivity contribution in [1.82, 2.24) is 19.3 Å². The third-order valence-electron chi connectivity index (χ3n) is 5.78. The zero-order valence-corrected chi connectivity index (χ0v) is 18.8. The number of nitrogens with one attached hydrogen (secondary N) is 1. The van der Waals surface area contributed by atoms with Gasteiger partial charge in [0.2, 0.25) is 5.91 Å². The maximum atomic E-state index is 12.7. The van der Waals surface area contributed by atoms with Gasteiger partial charge in [-0.15, -0.1) is 10.2 Å². The zero-order chi connectivity index (χ0) is 21.1. The lowest BCUT2D eigenvalue weighted by Crippen LogP contribution is -2.22. The molecule has 7 nitrogen and oxygen atoms in total. The van der Waals surface area contributed by atoms with Crippen molar-refractivity contribution in [2.24, 2.45) is 7.05 Å². The molecule has 2 heterocycles. The van der Waals surface area contributed by atoms with Crippen LogP contribution in [0.1, 0.15) is 80.6 Å². The van der Waals surface area contributed by atoms with Gasteiger partial charge in [0.15, 0.2) is 5.16 Å². The van der Waals surface area contributed by atoms with Gasteiger partial charge >= 0.3 is 0 Å². The van der Waals surface area contributed by atoms with E-state index in [-0.39, 0.29) is 17.6 Å². The first kappa shape index (κ1) is 21.4. The number of hydrogen-bond donors (Lipinski definition) is 1. The Bertz CT molecular complexity index is 930. The van der Waals surface area contributed by atoms with E-state index in [0.29, 0.717) is 17.4 Å². The Morgan fingerprint density at radius 2 is 1.97 bits per heavy atom. The van der Waals surface area contributed by atoms with Crippen molar-refractivity contribution in [2.45, 2.75) is 76.9 Å². The highest BCUT2D eigenvalue weighted by atomic mass is 32.2. The number of nitrogens with zero attached hydrogens (tertiary/aromatic N) is 5. The summed E-state index contributed by atoms with van der Waals surface area (Å²) in [4.78, 5) is 12.7. The van der Waals surface area contributed by atoms with Crippen molar-refractivity contribution >= 4 is 23.5 Å². The van der Waals surface area contributed by atoms with Gasteiger partial charge in [-0.3, -0.25) is 4.79 Å². The van der Waals surface area contributed by atoms with Crippen LogP contribution in [0.15, 0.2) is 5.16 Å². The van der Waals surface area contributed by atoms with Crippen molar-refractivity contribution in [2.75, 3.05) is 11.1 Å². The molecule has 8 heteroatoms. The van der Waals surface area contributed by atoms with E-state index in [9.17, 15) is 10.1 Å². The molecule has 156 valence electrons. The topological polar surface area (TPSA) is 88.5 Å². The molecule has 0 bridgehead atoms. The van der Waals surface area contributed by atoms with Crippen LogP contribution in [0.4, 0.5) is 5.82 Å². The lowest BCUT2D eigenvalue weighted by Gasteiger charge is -2.27. The summed E-state index contributed by atoms with van der Waals surface area (Å²) in [6, 6.07) is 2.65. The number of thioether (sulfide) groups is 1. The third-order valence-corrected chi connectivity index (χ3v) is 6.80. The van der Waals surface area contributed by atoms with E-state index in [0.717, 1.165) is 35.1 Å². The van der Waals surface area contributed by atoms with Gasteiger partial charge < -0.3 is 14.5 Å². The van der Waals surface area contributed by atoms with Crippen LogP contribution in [0, 0.1) is 25.2 Å². The number of rotatable bonds is 6. The fourth-order valence-corrected chi connectivity index (χ4v) is 4.85. The van der Waals surface area contributed by atoms with Gasteiger partial charge in [0, 0.05) is 24.7 Å². The van der Waals surface area contributed by atoms with Crippen LogP contribution in [-0.2, 0) is 11.8 Å². The summed E-state index contributed by atoms with van der Waals surface area (Å²) in [5.74, 6) is 1.93. The lowest BCUT2D eigenvalue weighted by atomic mass is 9.95. The fraction of sp³-hybridized carbons (Fsp3) is 0.619. The standard InChI is InChI=1S/C21H30N6OS/c1-13(2)19-24-25-21(26(19)5)29-12-18(28)23-20-17(11-22)14(3)15(4)27(20)16-9-7-6-8-10-16/h13,16H,6-10,12H2,1-5H3,(H,23,28). The van der Waals surface area contributed by atoms with E-state index in [4.69, 9.17) is 0 Å². The third kappa shape index (κ3) is 4.35. The van der Waals surface area contributed by atoms with Crippen molar-refractivity contribution in [1.29, 1.82) is 5.26 Å². The van der Waals surface area contributed by atoms with Crippen LogP contribution < -0.4 is 5.32 Å². The minimum Gasteiger partial charge on any atom is -0.327 e. The molecule has 0 aliphatic heterocycles. The molecule has 1 N–H and O–H groups in total. The Labute approximate surface area is 176 Å². The van der Waals surface area contributed by atoms with Crippen LogP contribution in [0.3, 0.4) is 0 Å². The van der Waals surface area contributed by atoms with E-state index in [1.807, 2.05) is 25.5 Å². The summed E-state index contributed by atoms with van der Waals surface area (Å²) in [6.07, 6.45) is 5.83. The van der Waals surface area contributed by atoms with Crippen molar-refractivity contribution < 1.29 is 4.79 Å². The number of nitriles is 1. The maximum Gasteiger partial charge on any atom is 0.235 e. The van der Waals surface area contributed by atoms with E-state index in [2.05, 4.69) is 40.0 Å². The molecule has 1 saturated carbocycles. The Kier molecular flexibility index (Phi) is 6.68. The van der Waals surface area contributed by atoms with Crippen LogP contribution in [0.2, 0.25) is 0 Å². The minimum absolute atomic E-state index is 0.129. The number of carbonyl (C=O) groups excluding carboxylic acids is 1. The van der Waals surface area contributed by atoms with Gasteiger partial charge in [-0.25, -0.2) is 0 Å². The maximum absolute atomic E-state index is 12.7. The summed E-state index contributed by atoms with van der Waals surface area (Å²) in [6.45, 7) is 8.14. The molecule has 1 fully saturated rings. The second-order valence-electron chi connectivity index (χ2n) is 8.10. The van der Waals surface area contributed by atoms with Crippen molar-refractivity contribution in [3.05, 3.63) is 22.6 Å². The van der Waals surface area contributed by atoms with Crippen LogP contribution >= 0.6 is 11.8 Å². The Hall–Kier alpha value is -2.27. The van der Waals surface area contributed by atoms with Crippen LogP contribution in [-0.4, -0.2) is 31.0 Å². The van der Waals surface area contributed by atoms with Gasteiger partial charge in [-0.1, -0.05) is 44.9 Å². The van der Waals surface area contributed by atoms with E-state index in [1.54, 1.807) is 0 Å². The first-order valence-electron chi connectivity index (χ1n) is 10.3. The molecule has 0 atom stereocenters. The van der Waals surface area contributed by atoms with Crippen LogP contribution in [0.5, 0.6) is 0 Å². The molecule has 1 aliphatic rings. The predicted octanol–water partition coefficient (Wildman–Crippen LogP) is 4.46. The monoisotopic (exact) mass is 414 g/mol. The van der Waals surface area contributed by atoms with Gasteiger partial charge in [0.05, 0.1) is 11.3 Å². The highest BCUT2D eigenvalue weighted by Crippen LogP contribution is 2.36. The number of amides is 1. The summed E-state index contributed by atoms with van der Waals surface area (Å²) in [5.41, 5.74) is 2.61. The molecule has 0 spiro atoms. The fourth-order valence-electron chi connectivity index (χ4n) is 4.14. The smallest absolute Gasteiger partial charge is 0.235 e. The van der Waals surface area contributed by atoms with E-state index in [1.165, 1.54) is 31.0 Å². The first-order chi connectivity index (χ1) is 13.8. The second kappa shape index (κ2) is 9.04. The average molecular weight is 415 g/mol.